The van der Waals surface area contributed by atoms with Crippen LogP contribution in [0.5, 0.6) is 5.75 Å². The van der Waals surface area contributed by atoms with Crippen molar-refractivity contribution in [2.75, 3.05) is 13.2 Å². The maximum absolute atomic E-state index is 12.7. The molecule has 3 aromatic rings. The van der Waals surface area contributed by atoms with Gasteiger partial charge >= 0.3 is 0 Å². The third kappa shape index (κ3) is 4.84. The average Bonchev–Trinajstić information content (AvgIpc) is 3.34. The third-order valence-corrected chi connectivity index (χ3v) is 5.83. The van der Waals surface area contributed by atoms with Crippen LogP contribution in [0.15, 0.2) is 70.0 Å². The molecule has 32 heavy (non-hydrogen) atoms. The number of aryl methyl sites for hydroxylation is 1. The van der Waals surface area contributed by atoms with Crippen LogP contribution in [-0.4, -0.2) is 35.0 Å². The lowest BCUT2D eigenvalue weighted by Gasteiger charge is -2.13. The topological polar surface area (TPSA) is 76.8 Å². The number of nitrogens with zero attached hydrogens (tertiary/aromatic N) is 1. The van der Waals surface area contributed by atoms with E-state index < -0.39 is 0 Å². The summed E-state index contributed by atoms with van der Waals surface area (Å²) in [6.07, 6.45) is 1.57. The van der Waals surface area contributed by atoms with Gasteiger partial charge in [0.15, 0.2) is 5.78 Å². The molecule has 4 rings (SSSR count). The van der Waals surface area contributed by atoms with Crippen LogP contribution >= 0.6 is 11.8 Å². The third-order valence-electron chi connectivity index (χ3n) is 4.92. The number of rotatable bonds is 7. The summed E-state index contributed by atoms with van der Waals surface area (Å²) < 4.78 is 11.5. The Kier molecular flexibility index (Phi) is 6.28. The standard InChI is InChI=1S/C25H21NO5S/c1-16-4-3-5-20(14-16)30-13-12-26-24(28)23(32-25(26)29)15-21-10-11-22(31-21)19-8-6-18(7-9-19)17(2)27/h3-11,14-15H,12-13H2,1-2H3/b23-15-. The smallest absolute Gasteiger partial charge is 0.293 e. The van der Waals surface area contributed by atoms with E-state index in [1.807, 2.05) is 31.2 Å². The van der Waals surface area contributed by atoms with Crippen molar-refractivity contribution in [2.24, 2.45) is 0 Å². The maximum atomic E-state index is 12.7. The summed E-state index contributed by atoms with van der Waals surface area (Å²) in [6.45, 7) is 3.87. The van der Waals surface area contributed by atoms with E-state index in [1.54, 1.807) is 42.5 Å². The van der Waals surface area contributed by atoms with E-state index in [9.17, 15) is 14.4 Å². The van der Waals surface area contributed by atoms with E-state index in [0.717, 1.165) is 22.9 Å². The second-order valence-electron chi connectivity index (χ2n) is 7.33. The highest BCUT2D eigenvalue weighted by Gasteiger charge is 2.35. The van der Waals surface area contributed by atoms with Gasteiger partial charge in [-0.15, -0.1) is 0 Å². The molecule has 0 bridgehead atoms. The number of thioether (sulfide) groups is 1. The van der Waals surface area contributed by atoms with E-state index in [2.05, 4.69) is 0 Å². The summed E-state index contributed by atoms with van der Waals surface area (Å²) in [5, 5.41) is -0.333. The van der Waals surface area contributed by atoms with Crippen LogP contribution in [0.3, 0.4) is 0 Å². The molecule has 0 saturated carbocycles. The number of imide groups is 1. The van der Waals surface area contributed by atoms with Crippen LogP contribution in [0, 0.1) is 6.92 Å². The average molecular weight is 448 g/mol. The van der Waals surface area contributed by atoms with E-state index in [0.29, 0.717) is 27.7 Å². The van der Waals surface area contributed by atoms with E-state index >= 15 is 0 Å². The van der Waals surface area contributed by atoms with Gasteiger partial charge in [0, 0.05) is 17.2 Å². The quantitative estimate of drug-likeness (QED) is 0.348. The lowest BCUT2D eigenvalue weighted by molar-refractivity contribution is -0.123. The minimum absolute atomic E-state index is 0.00306. The number of ketones is 1. The Bertz CT molecular complexity index is 1210. The highest BCUT2D eigenvalue weighted by molar-refractivity contribution is 8.18. The zero-order valence-corrected chi connectivity index (χ0v) is 18.5. The van der Waals surface area contributed by atoms with Gasteiger partial charge in [-0.05, 0) is 55.4 Å². The molecule has 1 aliphatic rings. The fourth-order valence-corrected chi connectivity index (χ4v) is 4.08. The maximum Gasteiger partial charge on any atom is 0.293 e. The van der Waals surface area contributed by atoms with E-state index in [1.165, 1.54) is 11.8 Å². The largest absolute Gasteiger partial charge is 0.492 e. The molecular weight excluding hydrogens is 426 g/mol. The van der Waals surface area contributed by atoms with Crippen molar-refractivity contribution in [1.82, 2.24) is 4.90 Å². The number of benzene rings is 2. The van der Waals surface area contributed by atoms with Gasteiger partial charge < -0.3 is 9.15 Å². The molecule has 0 unspecified atom stereocenters. The minimum Gasteiger partial charge on any atom is -0.492 e. The predicted molar refractivity (Wildman–Crippen MR) is 123 cm³/mol. The predicted octanol–water partition coefficient (Wildman–Crippen LogP) is 5.57. The zero-order valence-electron chi connectivity index (χ0n) is 17.7. The number of ether oxygens (including phenoxy) is 1. The van der Waals surface area contributed by atoms with Crippen molar-refractivity contribution in [3.05, 3.63) is 82.5 Å². The molecule has 162 valence electrons. The second kappa shape index (κ2) is 9.28. The molecule has 0 aliphatic carbocycles. The molecule has 1 aliphatic heterocycles. The first-order valence-electron chi connectivity index (χ1n) is 10.1. The Hall–Kier alpha value is -3.58. The van der Waals surface area contributed by atoms with Crippen LogP contribution in [0.2, 0.25) is 0 Å². The van der Waals surface area contributed by atoms with Crippen LogP contribution in [0.1, 0.15) is 28.6 Å². The normalized spacial score (nSPS) is 14.9. The SMILES string of the molecule is CC(=O)c1ccc(-c2ccc(/C=C3\SC(=O)N(CCOc4cccc(C)c4)C3=O)o2)cc1. The van der Waals surface area contributed by atoms with Crippen molar-refractivity contribution >= 4 is 34.8 Å². The Morgan fingerprint density at radius 1 is 1.09 bits per heavy atom. The molecule has 0 spiro atoms. The highest BCUT2D eigenvalue weighted by atomic mass is 32.2. The summed E-state index contributed by atoms with van der Waals surface area (Å²) in [4.78, 5) is 37.9. The molecule has 1 fully saturated rings. The second-order valence-corrected chi connectivity index (χ2v) is 8.33. The van der Waals surface area contributed by atoms with Gasteiger partial charge in [0.1, 0.15) is 23.9 Å². The number of Topliss-reactive ketones (excluding diaryl/α,β-unsaturated/α-hetero) is 1. The molecule has 6 nitrogen and oxygen atoms in total. The summed E-state index contributed by atoms with van der Waals surface area (Å²) >= 11 is 0.881. The monoisotopic (exact) mass is 447 g/mol. The first kappa shape index (κ1) is 21.6. The van der Waals surface area contributed by atoms with Crippen molar-refractivity contribution in [1.29, 1.82) is 0 Å². The molecule has 0 atom stereocenters. The fraction of sp³-hybridized carbons (Fsp3) is 0.160. The Morgan fingerprint density at radius 2 is 1.88 bits per heavy atom. The first-order valence-corrected chi connectivity index (χ1v) is 10.9. The van der Waals surface area contributed by atoms with Crippen LogP contribution in [0.4, 0.5) is 4.79 Å². The lowest BCUT2D eigenvalue weighted by atomic mass is 10.1. The van der Waals surface area contributed by atoms with Gasteiger partial charge in [0.05, 0.1) is 11.4 Å². The van der Waals surface area contributed by atoms with Gasteiger partial charge in [-0.25, -0.2) is 0 Å². The molecule has 0 radical (unpaired) electrons. The fourth-order valence-electron chi connectivity index (χ4n) is 3.24. The Labute approximate surface area is 189 Å². The van der Waals surface area contributed by atoms with Crippen molar-refractivity contribution in [2.45, 2.75) is 13.8 Å². The molecule has 2 heterocycles. The number of hydrogen-bond donors (Lipinski definition) is 0. The van der Waals surface area contributed by atoms with Crippen LogP contribution in [-0.2, 0) is 4.79 Å². The first-order chi connectivity index (χ1) is 15.4. The summed E-state index contributed by atoms with van der Waals surface area (Å²) in [7, 11) is 0. The van der Waals surface area contributed by atoms with E-state index in [4.69, 9.17) is 9.15 Å². The van der Waals surface area contributed by atoms with Gasteiger partial charge in [-0.3, -0.25) is 19.3 Å². The number of furan rings is 1. The number of carbonyl (C=O) groups is 3. The molecule has 0 N–H and O–H groups in total. The van der Waals surface area contributed by atoms with Crippen molar-refractivity contribution in [3.63, 3.8) is 0 Å². The van der Waals surface area contributed by atoms with Crippen LogP contribution < -0.4 is 4.74 Å². The summed E-state index contributed by atoms with van der Waals surface area (Å²) in [5.41, 5.74) is 2.51. The van der Waals surface area contributed by atoms with E-state index in [-0.39, 0.29) is 30.1 Å². The lowest BCUT2D eigenvalue weighted by Crippen LogP contribution is -2.32. The van der Waals surface area contributed by atoms with Gasteiger partial charge in [0.2, 0.25) is 0 Å². The van der Waals surface area contributed by atoms with Crippen molar-refractivity contribution in [3.8, 4) is 17.1 Å². The molecule has 1 saturated heterocycles. The Morgan fingerprint density at radius 3 is 2.59 bits per heavy atom. The van der Waals surface area contributed by atoms with Crippen LogP contribution in [0.25, 0.3) is 17.4 Å². The van der Waals surface area contributed by atoms with Crippen molar-refractivity contribution < 1.29 is 23.5 Å². The highest BCUT2D eigenvalue weighted by Crippen LogP contribution is 2.33. The summed E-state index contributed by atoms with van der Waals surface area (Å²) in [6, 6.07) is 18.2. The minimum atomic E-state index is -0.364. The molecular formula is C25H21NO5S. The zero-order chi connectivity index (χ0) is 22.7. The number of hydrogen-bond acceptors (Lipinski definition) is 6. The van der Waals surface area contributed by atoms with Gasteiger partial charge in [-0.1, -0.05) is 36.4 Å². The molecule has 7 heteroatoms. The molecule has 1 aromatic heterocycles. The number of amides is 2. The number of carbonyl (C=O) groups excluding carboxylic acids is 3. The van der Waals surface area contributed by atoms with Gasteiger partial charge in [-0.2, -0.15) is 0 Å². The molecule has 2 amide bonds. The van der Waals surface area contributed by atoms with Gasteiger partial charge in [0.25, 0.3) is 11.1 Å². The Balaban J connectivity index is 1.41. The molecule has 2 aromatic carbocycles. The summed E-state index contributed by atoms with van der Waals surface area (Å²) in [5.74, 6) is 1.41.